The van der Waals surface area contributed by atoms with Gasteiger partial charge in [-0.1, -0.05) is 22.9 Å². The SMILES string of the molecule is CC1CC(n2nnnc2-c2cc(N)ccc2Br)C1. The van der Waals surface area contributed by atoms with E-state index in [0.29, 0.717) is 11.7 Å². The molecule has 18 heavy (non-hydrogen) atoms. The standard InChI is InChI=1S/C12H14BrN5/c1-7-4-9(5-7)18-12(15-16-17-18)10-6-8(14)2-3-11(10)13/h2-3,6-7,9H,4-5,14H2,1H3. The number of tetrazole rings is 1. The van der Waals surface area contributed by atoms with Gasteiger partial charge in [-0.25, -0.2) is 4.68 Å². The van der Waals surface area contributed by atoms with E-state index in [0.717, 1.165) is 34.6 Å². The third kappa shape index (κ3) is 1.90. The fourth-order valence-corrected chi connectivity index (χ4v) is 2.81. The van der Waals surface area contributed by atoms with Crippen molar-refractivity contribution in [2.24, 2.45) is 5.92 Å². The van der Waals surface area contributed by atoms with E-state index in [9.17, 15) is 0 Å². The number of nitrogens with two attached hydrogens (primary N) is 1. The molecule has 1 aromatic carbocycles. The molecule has 0 amide bonds. The molecule has 0 bridgehead atoms. The fraction of sp³-hybridized carbons (Fsp3) is 0.417. The largest absolute Gasteiger partial charge is 0.399 e. The molecule has 1 aromatic heterocycles. The monoisotopic (exact) mass is 307 g/mol. The van der Waals surface area contributed by atoms with Gasteiger partial charge in [-0.15, -0.1) is 5.10 Å². The second-order valence-electron chi connectivity index (χ2n) is 4.92. The Labute approximate surface area is 113 Å². The summed E-state index contributed by atoms with van der Waals surface area (Å²) >= 11 is 3.52. The lowest BCUT2D eigenvalue weighted by molar-refractivity contribution is 0.199. The van der Waals surface area contributed by atoms with Gasteiger partial charge in [0.05, 0.1) is 6.04 Å². The molecular formula is C12H14BrN5. The lowest BCUT2D eigenvalue weighted by Crippen LogP contribution is -2.26. The molecule has 5 nitrogen and oxygen atoms in total. The summed E-state index contributed by atoms with van der Waals surface area (Å²) in [6.45, 7) is 2.25. The molecule has 1 aliphatic carbocycles. The van der Waals surface area contributed by atoms with Crippen molar-refractivity contribution < 1.29 is 0 Å². The van der Waals surface area contributed by atoms with Crippen LogP contribution < -0.4 is 5.73 Å². The Balaban J connectivity index is 2.02. The second kappa shape index (κ2) is 4.35. The van der Waals surface area contributed by atoms with Gasteiger partial charge < -0.3 is 5.73 Å². The molecule has 0 unspecified atom stereocenters. The first kappa shape index (κ1) is 11.6. The van der Waals surface area contributed by atoms with E-state index in [1.165, 1.54) is 0 Å². The quantitative estimate of drug-likeness (QED) is 0.866. The average Bonchev–Trinajstić information content (AvgIpc) is 2.76. The third-order valence-electron chi connectivity index (χ3n) is 3.42. The van der Waals surface area contributed by atoms with Crippen LogP contribution in [0.4, 0.5) is 5.69 Å². The maximum Gasteiger partial charge on any atom is 0.183 e. The second-order valence-corrected chi connectivity index (χ2v) is 5.77. The lowest BCUT2D eigenvalue weighted by atomic mass is 9.82. The first-order valence-electron chi connectivity index (χ1n) is 5.98. The number of nitrogens with zero attached hydrogens (tertiary/aromatic N) is 4. The Morgan fingerprint density at radius 3 is 2.89 bits per heavy atom. The van der Waals surface area contributed by atoms with Crippen LogP contribution in [0.3, 0.4) is 0 Å². The van der Waals surface area contributed by atoms with Crippen LogP contribution in [-0.2, 0) is 0 Å². The maximum atomic E-state index is 5.83. The van der Waals surface area contributed by atoms with E-state index in [4.69, 9.17) is 5.73 Å². The van der Waals surface area contributed by atoms with E-state index >= 15 is 0 Å². The summed E-state index contributed by atoms with van der Waals surface area (Å²) in [4.78, 5) is 0. The molecule has 0 aliphatic heterocycles. The Kier molecular flexibility index (Phi) is 2.81. The summed E-state index contributed by atoms with van der Waals surface area (Å²) in [6.07, 6.45) is 2.27. The highest BCUT2D eigenvalue weighted by Crippen LogP contribution is 2.39. The molecule has 1 saturated carbocycles. The van der Waals surface area contributed by atoms with E-state index in [1.807, 2.05) is 22.9 Å². The summed E-state index contributed by atoms with van der Waals surface area (Å²) in [5.41, 5.74) is 7.49. The fourth-order valence-electron chi connectivity index (χ4n) is 2.39. The molecule has 3 rings (SSSR count). The van der Waals surface area contributed by atoms with Gasteiger partial charge in [0.1, 0.15) is 0 Å². The number of nitrogen functional groups attached to an aromatic ring is 1. The molecule has 1 fully saturated rings. The van der Waals surface area contributed by atoms with E-state index in [2.05, 4.69) is 38.4 Å². The van der Waals surface area contributed by atoms with Gasteiger partial charge in [0, 0.05) is 15.7 Å². The van der Waals surface area contributed by atoms with Gasteiger partial charge in [-0.2, -0.15) is 0 Å². The van der Waals surface area contributed by atoms with Gasteiger partial charge in [-0.3, -0.25) is 0 Å². The zero-order valence-electron chi connectivity index (χ0n) is 10.0. The van der Waals surface area contributed by atoms with Crippen LogP contribution in [0, 0.1) is 5.92 Å². The molecule has 1 heterocycles. The molecule has 2 aromatic rings. The van der Waals surface area contributed by atoms with Crippen LogP contribution in [0.25, 0.3) is 11.4 Å². The predicted octanol–water partition coefficient (Wildman–Crippen LogP) is 2.66. The van der Waals surface area contributed by atoms with Crippen molar-refractivity contribution in [3.8, 4) is 11.4 Å². The molecular weight excluding hydrogens is 294 g/mol. The number of hydrogen-bond donors (Lipinski definition) is 1. The van der Waals surface area contributed by atoms with Gasteiger partial charge in [0.2, 0.25) is 0 Å². The lowest BCUT2D eigenvalue weighted by Gasteiger charge is -2.32. The van der Waals surface area contributed by atoms with E-state index < -0.39 is 0 Å². The minimum Gasteiger partial charge on any atom is -0.399 e. The van der Waals surface area contributed by atoms with Crippen molar-refractivity contribution in [3.05, 3.63) is 22.7 Å². The normalized spacial score (nSPS) is 22.8. The van der Waals surface area contributed by atoms with Crippen LogP contribution in [0.1, 0.15) is 25.8 Å². The molecule has 0 spiro atoms. The molecule has 0 radical (unpaired) electrons. The van der Waals surface area contributed by atoms with Crippen molar-refractivity contribution >= 4 is 21.6 Å². The number of rotatable bonds is 2. The Morgan fingerprint density at radius 1 is 1.39 bits per heavy atom. The summed E-state index contributed by atoms with van der Waals surface area (Å²) in [5, 5.41) is 12.0. The minimum atomic E-state index is 0.415. The predicted molar refractivity (Wildman–Crippen MR) is 72.8 cm³/mol. The van der Waals surface area contributed by atoms with Crippen LogP contribution in [-0.4, -0.2) is 20.2 Å². The van der Waals surface area contributed by atoms with Crippen LogP contribution >= 0.6 is 15.9 Å². The molecule has 0 atom stereocenters. The van der Waals surface area contributed by atoms with Gasteiger partial charge in [0.15, 0.2) is 5.82 Å². The van der Waals surface area contributed by atoms with E-state index in [1.54, 1.807) is 0 Å². The number of anilines is 1. The summed E-state index contributed by atoms with van der Waals surface area (Å²) in [7, 11) is 0. The number of hydrogen-bond acceptors (Lipinski definition) is 4. The first-order chi connectivity index (χ1) is 8.65. The van der Waals surface area contributed by atoms with Crippen molar-refractivity contribution in [1.82, 2.24) is 20.2 Å². The van der Waals surface area contributed by atoms with Crippen LogP contribution in [0.15, 0.2) is 22.7 Å². The molecule has 0 saturated heterocycles. The van der Waals surface area contributed by atoms with Gasteiger partial charge in [-0.05, 0) is 47.4 Å². The average molecular weight is 308 g/mol. The smallest absolute Gasteiger partial charge is 0.183 e. The maximum absolute atomic E-state index is 5.83. The molecule has 1 aliphatic rings. The van der Waals surface area contributed by atoms with E-state index in [-0.39, 0.29) is 0 Å². The highest BCUT2D eigenvalue weighted by atomic mass is 79.9. The topological polar surface area (TPSA) is 69.6 Å². The van der Waals surface area contributed by atoms with Gasteiger partial charge in [0.25, 0.3) is 0 Å². The zero-order valence-corrected chi connectivity index (χ0v) is 11.6. The Bertz CT molecular complexity index is 574. The minimum absolute atomic E-state index is 0.415. The van der Waals surface area contributed by atoms with Crippen LogP contribution in [0.2, 0.25) is 0 Å². The van der Waals surface area contributed by atoms with Crippen LogP contribution in [0.5, 0.6) is 0 Å². The number of halogens is 1. The third-order valence-corrected chi connectivity index (χ3v) is 4.11. The Hall–Kier alpha value is -1.43. The molecule has 2 N–H and O–H groups in total. The summed E-state index contributed by atoms with van der Waals surface area (Å²) in [6, 6.07) is 6.09. The highest BCUT2D eigenvalue weighted by Gasteiger charge is 2.30. The van der Waals surface area contributed by atoms with Crippen molar-refractivity contribution in [2.45, 2.75) is 25.8 Å². The summed E-state index contributed by atoms with van der Waals surface area (Å²) < 4.78 is 2.87. The number of aromatic nitrogens is 4. The van der Waals surface area contributed by atoms with Crippen molar-refractivity contribution in [2.75, 3.05) is 5.73 Å². The Morgan fingerprint density at radius 2 is 2.17 bits per heavy atom. The zero-order chi connectivity index (χ0) is 12.7. The number of benzene rings is 1. The van der Waals surface area contributed by atoms with Crippen molar-refractivity contribution in [1.29, 1.82) is 0 Å². The van der Waals surface area contributed by atoms with Gasteiger partial charge >= 0.3 is 0 Å². The summed E-state index contributed by atoms with van der Waals surface area (Å²) in [5.74, 6) is 1.54. The van der Waals surface area contributed by atoms with Crippen molar-refractivity contribution in [3.63, 3.8) is 0 Å². The molecule has 6 heteroatoms. The first-order valence-corrected chi connectivity index (χ1v) is 6.77. The highest BCUT2D eigenvalue weighted by molar-refractivity contribution is 9.10. The molecule has 94 valence electrons.